The Morgan fingerprint density at radius 3 is 2.20 bits per heavy atom. The lowest BCUT2D eigenvalue weighted by atomic mass is 10.3. The number of hydrogen-bond donors (Lipinski definition) is 0. The van der Waals surface area contributed by atoms with Crippen LogP contribution in [-0.2, 0) is 0 Å². The lowest BCUT2D eigenvalue weighted by Gasteiger charge is -2.03. The van der Waals surface area contributed by atoms with Crippen molar-refractivity contribution in [1.29, 1.82) is 0 Å². The summed E-state index contributed by atoms with van der Waals surface area (Å²) < 4.78 is 4.11. The molecule has 5 heteroatoms. The van der Waals surface area contributed by atoms with Crippen molar-refractivity contribution in [3.8, 4) is 11.4 Å². The molecule has 0 fully saturated rings. The molecule has 100 valence electrons. The van der Waals surface area contributed by atoms with Crippen molar-refractivity contribution in [3.05, 3.63) is 80.9 Å². The zero-order chi connectivity index (χ0) is 14.1. The Labute approximate surface area is 129 Å². The van der Waals surface area contributed by atoms with Gasteiger partial charge in [0.2, 0.25) is 0 Å². The van der Waals surface area contributed by atoms with Crippen molar-refractivity contribution < 1.29 is 0 Å². The molecule has 0 aliphatic heterocycles. The average molecular weight is 350 g/mol. The summed E-state index contributed by atoms with van der Waals surface area (Å²) in [7, 11) is 0. The molecular formula is C15H10BrClN2O. The van der Waals surface area contributed by atoms with Gasteiger partial charge in [-0.05, 0) is 42.5 Å². The quantitative estimate of drug-likeness (QED) is 0.686. The van der Waals surface area contributed by atoms with Crippen molar-refractivity contribution >= 4 is 27.5 Å². The summed E-state index contributed by atoms with van der Waals surface area (Å²) in [4.78, 5) is 12.4. The van der Waals surface area contributed by atoms with E-state index < -0.39 is 0 Å². The number of imidazole rings is 1. The minimum Gasteiger partial charge on any atom is -0.268 e. The van der Waals surface area contributed by atoms with Gasteiger partial charge in [0.25, 0.3) is 0 Å². The SMILES string of the molecule is O=c1n(-c2ccc(Cl)cc2)ccn1-c1cccc(Br)c1. The lowest BCUT2D eigenvalue weighted by molar-refractivity contribution is 0.908. The first-order valence-electron chi connectivity index (χ1n) is 5.97. The Bertz CT molecular complexity index is 805. The molecule has 0 saturated carbocycles. The van der Waals surface area contributed by atoms with Crippen molar-refractivity contribution in [2.24, 2.45) is 0 Å². The fraction of sp³-hybridized carbons (Fsp3) is 0. The molecule has 0 bridgehead atoms. The minimum atomic E-state index is -0.120. The highest BCUT2D eigenvalue weighted by Crippen LogP contribution is 2.15. The number of nitrogens with zero attached hydrogens (tertiary/aromatic N) is 2. The molecule has 0 spiro atoms. The predicted octanol–water partition coefficient (Wildman–Crippen LogP) is 4.04. The molecule has 0 unspecified atom stereocenters. The topological polar surface area (TPSA) is 26.9 Å². The fourth-order valence-corrected chi connectivity index (χ4v) is 2.51. The Balaban J connectivity index is 2.09. The predicted molar refractivity (Wildman–Crippen MR) is 84.1 cm³/mol. The van der Waals surface area contributed by atoms with Gasteiger partial charge in [-0.2, -0.15) is 0 Å². The van der Waals surface area contributed by atoms with E-state index >= 15 is 0 Å². The molecule has 20 heavy (non-hydrogen) atoms. The van der Waals surface area contributed by atoms with Crippen LogP contribution < -0.4 is 5.69 Å². The van der Waals surface area contributed by atoms with Gasteiger partial charge in [0.1, 0.15) is 0 Å². The van der Waals surface area contributed by atoms with E-state index in [4.69, 9.17) is 11.6 Å². The largest absolute Gasteiger partial charge is 0.337 e. The third-order valence-electron chi connectivity index (χ3n) is 2.97. The molecule has 2 aromatic carbocycles. The molecular weight excluding hydrogens is 340 g/mol. The van der Waals surface area contributed by atoms with E-state index in [-0.39, 0.29) is 5.69 Å². The van der Waals surface area contributed by atoms with Gasteiger partial charge < -0.3 is 0 Å². The van der Waals surface area contributed by atoms with Gasteiger partial charge in [-0.25, -0.2) is 4.79 Å². The summed E-state index contributed by atoms with van der Waals surface area (Å²) in [6.07, 6.45) is 3.49. The molecule has 0 saturated heterocycles. The highest BCUT2D eigenvalue weighted by Gasteiger charge is 2.07. The maximum atomic E-state index is 12.4. The van der Waals surface area contributed by atoms with Crippen molar-refractivity contribution in [2.75, 3.05) is 0 Å². The molecule has 0 aliphatic carbocycles. The summed E-state index contributed by atoms with van der Waals surface area (Å²) >= 11 is 9.27. The van der Waals surface area contributed by atoms with Crippen LogP contribution in [0.3, 0.4) is 0 Å². The standard InChI is InChI=1S/C15H10BrClN2O/c16-11-2-1-3-14(10-11)19-9-8-18(15(19)20)13-6-4-12(17)5-7-13/h1-10H. The van der Waals surface area contributed by atoms with Crippen LogP contribution in [0.2, 0.25) is 5.02 Å². The third-order valence-corrected chi connectivity index (χ3v) is 3.71. The Hall–Kier alpha value is -1.78. The summed E-state index contributed by atoms with van der Waals surface area (Å²) in [6.45, 7) is 0. The number of rotatable bonds is 2. The van der Waals surface area contributed by atoms with Crippen LogP contribution in [-0.4, -0.2) is 9.13 Å². The van der Waals surface area contributed by atoms with E-state index in [2.05, 4.69) is 15.9 Å². The van der Waals surface area contributed by atoms with Crippen LogP contribution in [0.25, 0.3) is 11.4 Å². The molecule has 1 heterocycles. The molecule has 0 atom stereocenters. The average Bonchev–Trinajstić information content (AvgIpc) is 2.82. The van der Waals surface area contributed by atoms with E-state index in [1.165, 1.54) is 0 Å². The van der Waals surface area contributed by atoms with Crippen LogP contribution in [0, 0.1) is 0 Å². The molecule has 3 aromatic rings. The summed E-state index contributed by atoms with van der Waals surface area (Å²) in [5.41, 5.74) is 1.48. The van der Waals surface area contributed by atoms with E-state index in [1.54, 1.807) is 33.7 Å². The van der Waals surface area contributed by atoms with Crippen molar-refractivity contribution in [1.82, 2.24) is 9.13 Å². The number of benzene rings is 2. The Kier molecular flexibility index (Phi) is 3.51. The second-order valence-corrected chi connectivity index (χ2v) is 5.63. The Morgan fingerprint density at radius 2 is 1.55 bits per heavy atom. The van der Waals surface area contributed by atoms with Crippen molar-refractivity contribution in [2.45, 2.75) is 0 Å². The van der Waals surface area contributed by atoms with Crippen LogP contribution in [0.1, 0.15) is 0 Å². The van der Waals surface area contributed by atoms with Crippen LogP contribution in [0.15, 0.2) is 70.2 Å². The van der Waals surface area contributed by atoms with E-state index in [0.29, 0.717) is 5.02 Å². The van der Waals surface area contributed by atoms with Gasteiger partial charge in [0, 0.05) is 21.9 Å². The Morgan fingerprint density at radius 1 is 0.900 bits per heavy atom. The number of aromatic nitrogens is 2. The monoisotopic (exact) mass is 348 g/mol. The maximum absolute atomic E-state index is 12.4. The number of hydrogen-bond acceptors (Lipinski definition) is 1. The van der Waals surface area contributed by atoms with Crippen LogP contribution in [0.4, 0.5) is 0 Å². The van der Waals surface area contributed by atoms with Gasteiger partial charge in [-0.1, -0.05) is 33.6 Å². The molecule has 1 aromatic heterocycles. The molecule has 0 aliphatic rings. The molecule has 0 N–H and O–H groups in total. The van der Waals surface area contributed by atoms with Gasteiger partial charge in [-0.3, -0.25) is 9.13 Å². The van der Waals surface area contributed by atoms with Crippen LogP contribution >= 0.6 is 27.5 Å². The zero-order valence-corrected chi connectivity index (χ0v) is 12.7. The number of halogens is 2. The van der Waals surface area contributed by atoms with Gasteiger partial charge in [0.15, 0.2) is 0 Å². The summed E-state index contributed by atoms with van der Waals surface area (Å²) in [5.74, 6) is 0. The lowest BCUT2D eigenvalue weighted by Crippen LogP contribution is -2.21. The van der Waals surface area contributed by atoms with Gasteiger partial charge in [0.05, 0.1) is 11.4 Å². The van der Waals surface area contributed by atoms with E-state index in [0.717, 1.165) is 15.8 Å². The normalized spacial score (nSPS) is 10.7. The maximum Gasteiger partial charge on any atom is 0.337 e. The minimum absolute atomic E-state index is 0.120. The molecule has 3 nitrogen and oxygen atoms in total. The highest BCUT2D eigenvalue weighted by molar-refractivity contribution is 9.10. The first kappa shape index (κ1) is 13.2. The fourth-order valence-electron chi connectivity index (χ4n) is 2.00. The first-order valence-corrected chi connectivity index (χ1v) is 7.14. The second kappa shape index (κ2) is 5.31. The highest BCUT2D eigenvalue weighted by atomic mass is 79.9. The van der Waals surface area contributed by atoms with Crippen LogP contribution in [0.5, 0.6) is 0 Å². The van der Waals surface area contributed by atoms with Gasteiger partial charge in [-0.15, -0.1) is 0 Å². The summed E-state index contributed by atoms with van der Waals surface area (Å²) in [5, 5.41) is 0.647. The van der Waals surface area contributed by atoms with E-state index in [9.17, 15) is 4.79 Å². The molecule has 3 rings (SSSR count). The van der Waals surface area contributed by atoms with E-state index in [1.807, 2.05) is 36.4 Å². The zero-order valence-electron chi connectivity index (χ0n) is 10.3. The first-order chi connectivity index (χ1) is 9.65. The van der Waals surface area contributed by atoms with Gasteiger partial charge >= 0.3 is 5.69 Å². The second-order valence-electron chi connectivity index (χ2n) is 4.28. The molecule has 0 radical (unpaired) electrons. The third kappa shape index (κ3) is 2.44. The summed E-state index contributed by atoms with van der Waals surface area (Å²) in [6, 6.07) is 14.8. The smallest absolute Gasteiger partial charge is 0.268 e. The molecule has 0 amide bonds. The van der Waals surface area contributed by atoms with Crippen molar-refractivity contribution in [3.63, 3.8) is 0 Å².